The van der Waals surface area contributed by atoms with E-state index in [1.54, 1.807) is 38.1 Å². The summed E-state index contributed by atoms with van der Waals surface area (Å²) in [6, 6.07) is 10.2. The third-order valence-electron chi connectivity index (χ3n) is 5.24. The number of ether oxygens (including phenoxy) is 3. The summed E-state index contributed by atoms with van der Waals surface area (Å²) in [5.41, 5.74) is -0.0113. The molecule has 1 atom stereocenters. The van der Waals surface area contributed by atoms with Crippen LogP contribution in [0, 0.1) is 11.7 Å². The van der Waals surface area contributed by atoms with Crippen LogP contribution in [0.5, 0.6) is 17.2 Å². The molecule has 2 aromatic rings. The van der Waals surface area contributed by atoms with Gasteiger partial charge in [-0.15, -0.1) is 11.6 Å². The van der Waals surface area contributed by atoms with Crippen molar-refractivity contribution in [3.05, 3.63) is 53.8 Å². The normalized spacial score (nSPS) is 11.8. The van der Waals surface area contributed by atoms with Crippen LogP contribution >= 0.6 is 11.6 Å². The number of unbranched alkanes of at least 4 members (excludes halogenated alkanes) is 6. The molecule has 1 unspecified atom stereocenters. The SMILES string of the molecule is CCCCCCCCCOc1ccc(OC(=O)c2ccc(OC(=O)C(Cl)C(C)C)c(F)c2)cc1. The van der Waals surface area contributed by atoms with Gasteiger partial charge in [0, 0.05) is 0 Å². The lowest BCUT2D eigenvalue weighted by molar-refractivity contribution is -0.134. The Hall–Kier alpha value is -2.60. The lowest BCUT2D eigenvalue weighted by Crippen LogP contribution is -2.25. The van der Waals surface area contributed by atoms with E-state index in [0.717, 1.165) is 18.9 Å². The molecular weight excluding hydrogens is 459 g/mol. The Morgan fingerprint density at radius 3 is 2.12 bits per heavy atom. The van der Waals surface area contributed by atoms with Crippen LogP contribution < -0.4 is 14.2 Å². The van der Waals surface area contributed by atoms with Crippen LogP contribution in [0.2, 0.25) is 0 Å². The maximum absolute atomic E-state index is 14.3. The fraction of sp³-hybridized carbons (Fsp3) is 0.481. The van der Waals surface area contributed by atoms with Gasteiger partial charge in [0.15, 0.2) is 11.6 Å². The van der Waals surface area contributed by atoms with Gasteiger partial charge in [0.1, 0.15) is 16.9 Å². The highest BCUT2D eigenvalue weighted by atomic mass is 35.5. The number of carbonyl (C=O) groups is 2. The van der Waals surface area contributed by atoms with Gasteiger partial charge in [-0.3, -0.25) is 4.79 Å². The van der Waals surface area contributed by atoms with Crippen molar-refractivity contribution in [1.29, 1.82) is 0 Å². The lowest BCUT2D eigenvalue weighted by atomic mass is 10.1. The fourth-order valence-electron chi connectivity index (χ4n) is 3.17. The molecule has 2 aromatic carbocycles. The summed E-state index contributed by atoms with van der Waals surface area (Å²) >= 11 is 5.93. The van der Waals surface area contributed by atoms with Gasteiger partial charge in [0.05, 0.1) is 12.2 Å². The maximum atomic E-state index is 14.3. The van der Waals surface area contributed by atoms with Gasteiger partial charge in [-0.25, -0.2) is 9.18 Å². The second kappa shape index (κ2) is 14.6. The molecule has 2 rings (SSSR count). The van der Waals surface area contributed by atoms with Crippen molar-refractivity contribution in [2.45, 2.75) is 71.1 Å². The van der Waals surface area contributed by atoms with E-state index in [1.165, 1.54) is 44.2 Å². The lowest BCUT2D eigenvalue weighted by Gasteiger charge is -2.13. The molecule has 0 amide bonds. The van der Waals surface area contributed by atoms with Crippen molar-refractivity contribution in [3.8, 4) is 17.2 Å². The van der Waals surface area contributed by atoms with E-state index in [9.17, 15) is 14.0 Å². The van der Waals surface area contributed by atoms with E-state index in [0.29, 0.717) is 18.1 Å². The Balaban J connectivity index is 1.80. The van der Waals surface area contributed by atoms with E-state index >= 15 is 0 Å². The van der Waals surface area contributed by atoms with Gasteiger partial charge in [0.2, 0.25) is 0 Å². The highest BCUT2D eigenvalue weighted by Crippen LogP contribution is 2.23. The Kier molecular flexibility index (Phi) is 11.9. The number of carbonyl (C=O) groups excluding carboxylic acids is 2. The van der Waals surface area contributed by atoms with Gasteiger partial charge >= 0.3 is 11.9 Å². The van der Waals surface area contributed by atoms with Crippen molar-refractivity contribution in [1.82, 2.24) is 0 Å². The molecule has 0 N–H and O–H groups in total. The van der Waals surface area contributed by atoms with E-state index in [4.69, 9.17) is 25.8 Å². The van der Waals surface area contributed by atoms with Crippen LogP contribution in [0.1, 0.15) is 76.1 Å². The Morgan fingerprint density at radius 2 is 1.50 bits per heavy atom. The second-order valence-electron chi connectivity index (χ2n) is 8.54. The zero-order chi connectivity index (χ0) is 24.9. The van der Waals surface area contributed by atoms with Crippen LogP contribution in [-0.4, -0.2) is 23.9 Å². The third-order valence-corrected chi connectivity index (χ3v) is 5.92. The molecule has 186 valence electrons. The summed E-state index contributed by atoms with van der Waals surface area (Å²) in [6.07, 6.45) is 8.51. The average Bonchev–Trinajstić information content (AvgIpc) is 2.82. The van der Waals surface area contributed by atoms with Gasteiger partial charge in [-0.05, 0) is 54.8 Å². The molecule has 0 bridgehead atoms. The third kappa shape index (κ3) is 9.34. The first-order valence-corrected chi connectivity index (χ1v) is 12.4. The van der Waals surface area contributed by atoms with Gasteiger partial charge in [0.25, 0.3) is 0 Å². The summed E-state index contributed by atoms with van der Waals surface area (Å²) in [4.78, 5) is 24.3. The molecule has 0 saturated heterocycles. The molecule has 0 heterocycles. The molecule has 0 aromatic heterocycles. The Morgan fingerprint density at radius 1 is 0.882 bits per heavy atom. The second-order valence-corrected chi connectivity index (χ2v) is 9.01. The number of benzene rings is 2. The zero-order valence-corrected chi connectivity index (χ0v) is 20.9. The summed E-state index contributed by atoms with van der Waals surface area (Å²) in [5, 5.41) is -0.897. The number of alkyl halides is 1. The summed E-state index contributed by atoms with van der Waals surface area (Å²) < 4.78 is 30.4. The monoisotopic (exact) mass is 492 g/mol. The summed E-state index contributed by atoms with van der Waals surface area (Å²) in [7, 11) is 0. The molecule has 0 aliphatic heterocycles. The molecule has 5 nitrogen and oxygen atoms in total. The van der Waals surface area contributed by atoms with Crippen molar-refractivity contribution in [2.24, 2.45) is 5.92 Å². The predicted octanol–water partition coefficient (Wildman–Crippen LogP) is 7.34. The molecule has 7 heteroatoms. The molecule has 0 saturated carbocycles. The molecular formula is C27H34ClFO5. The first-order valence-electron chi connectivity index (χ1n) is 11.9. The van der Waals surface area contributed by atoms with Crippen molar-refractivity contribution in [2.75, 3.05) is 6.61 Å². The zero-order valence-electron chi connectivity index (χ0n) is 20.2. The van der Waals surface area contributed by atoms with Crippen LogP contribution in [0.25, 0.3) is 0 Å². The number of esters is 2. The van der Waals surface area contributed by atoms with Crippen LogP contribution in [0.4, 0.5) is 4.39 Å². The smallest absolute Gasteiger partial charge is 0.343 e. The molecule has 0 fully saturated rings. The highest BCUT2D eigenvalue weighted by Gasteiger charge is 2.23. The first kappa shape index (κ1) is 27.6. The topological polar surface area (TPSA) is 61.8 Å². The Bertz CT molecular complexity index is 914. The fourth-order valence-corrected chi connectivity index (χ4v) is 3.21. The number of hydrogen-bond donors (Lipinski definition) is 0. The first-order chi connectivity index (χ1) is 16.3. The number of hydrogen-bond acceptors (Lipinski definition) is 5. The molecule has 0 radical (unpaired) electrons. The van der Waals surface area contributed by atoms with Crippen molar-refractivity contribution >= 4 is 23.5 Å². The van der Waals surface area contributed by atoms with Crippen LogP contribution in [-0.2, 0) is 4.79 Å². The van der Waals surface area contributed by atoms with E-state index in [2.05, 4.69) is 6.92 Å². The average molecular weight is 493 g/mol. The van der Waals surface area contributed by atoms with Crippen LogP contribution in [0.15, 0.2) is 42.5 Å². The summed E-state index contributed by atoms with van der Waals surface area (Å²) in [6.45, 7) is 6.36. The molecule has 0 aliphatic carbocycles. The number of rotatable bonds is 14. The Labute approximate surface area is 206 Å². The largest absolute Gasteiger partial charge is 0.494 e. The molecule has 0 aliphatic rings. The van der Waals surface area contributed by atoms with Gasteiger partial charge in [-0.2, -0.15) is 0 Å². The van der Waals surface area contributed by atoms with Crippen LogP contribution in [0.3, 0.4) is 0 Å². The van der Waals surface area contributed by atoms with Gasteiger partial charge in [-0.1, -0.05) is 59.3 Å². The van der Waals surface area contributed by atoms with Crippen molar-refractivity contribution in [3.63, 3.8) is 0 Å². The van der Waals surface area contributed by atoms with E-state index in [-0.39, 0.29) is 17.2 Å². The van der Waals surface area contributed by atoms with Crippen molar-refractivity contribution < 1.29 is 28.2 Å². The minimum Gasteiger partial charge on any atom is -0.494 e. The molecule has 0 spiro atoms. The minimum absolute atomic E-state index is 0.0113. The predicted molar refractivity (Wildman–Crippen MR) is 131 cm³/mol. The molecule has 34 heavy (non-hydrogen) atoms. The van der Waals surface area contributed by atoms with E-state index < -0.39 is 23.1 Å². The highest BCUT2D eigenvalue weighted by molar-refractivity contribution is 6.30. The minimum atomic E-state index is -0.897. The standard InChI is InChI=1S/C27H34ClFO5/c1-4-5-6-7-8-9-10-17-32-21-12-14-22(15-13-21)33-26(30)20-11-16-24(23(29)18-20)34-27(31)25(28)19(2)3/h11-16,18-19,25H,4-10,17H2,1-3H3. The van der Waals surface area contributed by atoms with Gasteiger partial charge < -0.3 is 14.2 Å². The quantitative estimate of drug-likeness (QED) is 0.119. The number of halogens is 2. The summed E-state index contributed by atoms with van der Waals surface area (Å²) in [5.74, 6) is -1.79. The maximum Gasteiger partial charge on any atom is 0.343 e. The van der Waals surface area contributed by atoms with E-state index in [1.807, 2.05) is 0 Å².